The molecule has 0 unspecified atom stereocenters. The van der Waals surface area contributed by atoms with Crippen molar-refractivity contribution in [2.75, 3.05) is 22.5 Å². The smallest absolute Gasteiger partial charge is 0.416 e. The number of carbonyl (C=O) groups excluding carboxylic acids is 1. The third kappa shape index (κ3) is 7.08. The second-order valence-corrected chi connectivity index (χ2v) is 9.05. The first-order chi connectivity index (χ1) is 17.7. The molecular weight excluding hydrogens is 529 g/mol. The molecule has 0 fully saturated rings. The molecule has 2 aromatic carbocycles. The van der Waals surface area contributed by atoms with Crippen molar-refractivity contribution in [1.29, 1.82) is 0 Å². The number of carbonyl (C=O) groups is 1. The van der Waals surface area contributed by atoms with Gasteiger partial charge in [0, 0.05) is 12.7 Å². The van der Waals surface area contributed by atoms with E-state index in [0.717, 1.165) is 46.7 Å². The Labute approximate surface area is 218 Å². The monoisotopic (exact) mass is 548 g/mol. The van der Waals surface area contributed by atoms with Crippen LogP contribution in [0.1, 0.15) is 18.9 Å². The molecule has 4 aromatic rings. The van der Waals surface area contributed by atoms with E-state index >= 15 is 0 Å². The fraction of sp³-hybridized carbons (Fsp3) is 0.167. The second kappa shape index (κ2) is 11.4. The summed E-state index contributed by atoms with van der Waals surface area (Å²) in [6.45, 7) is 2.96. The maximum atomic E-state index is 12.8. The average Bonchev–Trinajstić information content (AvgIpc) is 3.34. The number of nitrogens with zero attached hydrogens (tertiary/aromatic N) is 3. The van der Waals surface area contributed by atoms with E-state index in [2.05, 4.69) is 37.8 Å². The van der Waals surface area contributed by atoms with Crippen molar-refractivity contribution in [2.45, 2.75) is 19.5 Å². The van der Waals surface area contributed by atoms with Gasteiger partial charge < -0.3 is 20.7 Å². The molecule has 0 atom stereocenters. The fourth-order valence-electron chi connectivity index (χ4n) is 3.02. The van der Waals surface area contributed by atoms with Gasteiger partial charge >= 0.3 is 18.2 Å². The van der Waals surface area contributed by atoms with E-state index in [1.54, 1.807) is 23.5 Å². The number of benzene rings is 2. The first-order valence-corrected chi connectivity index (χ1v) is 12.2. The Bertz CT molecular complexity index is 1360. The average molecular weight is 549 g/mol. The number of anilines is 3. The molecule has 2 aromatic heterocycles. The van der Waals surface area contributed by atoms with Crippen LogP contribution in [-0.4, -0.2) is 27.5 Å². The third-order valence-electron chi connectivity index (χ3n) is 4.81. The Kier molecular flexibility index (Phi) is 8.09. The van der Waals surface area contributed by atoms with E-state index < -0.39 is 17.8 Å². The van der Waals surface area contributed by atoms with Gasteiger partial charge in [-0.15, -0.1) is 0 Å². The SMILES string of the molecule is CCCNc1ncc(-c2ccc(Oc3ncc(NC(=O)Nc4ccc(C(F)(F)F)cc4Cl)cn3)cc2)s1. The highest BCUT2D eigenvalue weighted by molar-refractivity contribution is 7.18. The number of alkyl halides is 3. The van der Waals surface area contributed by atoms with Gasteiger partial charge in [0.25, 0.3) is 0 Å². The summed E-state index contributed by atoms with van der Waals surface area (Å²) in [5, 5.41) is 8.73. The molecule has 192 valence electrons. The van der Waals surface area contributed by atoms with E-state index in [4.69, 9.17) is 16.3 Å². The van der Waals surface area contributed by atoms with Gasteiger partial charge in [-0.25, -0.2) is 19.7 Å². The molecule has 4 rings (SSSR count). The third-order valence-corrected chi connectivity index (χ3v) is 6.13. The van der Waals surface area contributed by atoms with Crippen LogP contribution >= 0.6 is 22.9 Å². The van der Waals surface area contributed by atoms with Crippen molar-refractivity contribution in [1.82, 2.24) is 15.0 Å². The quantitative estimate of drug-likeness (QED) is 0.210. The predicted molar refractivity (Wildman–Crippen MR) is 138 cm³/mol. The predicted octanol–water partition coefficient (Wildman–Crippen LogP) is 7.53. The Morgan fingerprint density at radius 1 is 1.03 bits per heavy atom. The van der Waals surface area contributed by atoms with E-state index in [0.29, 0.717) is 5.75 Å². The topological polar surface area (TPSA) is 101 Å². The van der Waals surface area contributed by atoms with Crippen molar-refractivity contribution in [3.8, 4) is 22.2 Å². The Morgan fingerprint density at radius 3 is 2.41 bits per heavy atom. The number of halogens is 4. The van der Waals surface area contributed by atoms with Crippen LogP contribution in [0.5, 0.6) is 11.8 Å². The zero-order valence-electron chi connectivity index (χ0n) is 19.3. The minimum atomic E-state index is -4.54. The summed E-state index contributed by atoms with van der Waals surface area (Å²) in [6, 6.07) is 9.33. The maximum absolute atomic E-state index is 12.8. The number of amides is 2. The zero-order chi connectivity index (χ0) is 26.4. The highest BCUT2D eigenvalue weighted by Crippen LogP contribution is 2.34. The van der Waals surface area contributed by atoms with Crippen LogP contribution in [0.15, 0.2) is 61.1 Å². The van der Waals surface area contributed by atoms with Crippen LogP contribution in [0.2, 0.25) is 5.02 Å². The van der Waals surface area contributed by atoms with Gasteiger partial charge in [-0.1, -0.05) is 29.9 Å². The lowest BCUT2D eigenvalue weighted by molar-refractivity contribution is -0.137. The maximum Gasteiger partial charge on any atom is 0.416 e. The number of rotatable bonds is 8. The van der Waals surface area contributed by atoms with Crippen molar-refractivity contribution >= 4 is 45.5 Å². The molecule has 0 aliphatic carbocycles. The highest BCUT2D eigenvalue weighted by atomic mass is 35.5. The number of nitrogens with one attached hydrogen (secondary N) is 3. The Balaban J connectivity index is 1.32. The summed E-state index contributed by atoms with van der Waals surface area (Å²) in [5.74, 6) is 0.521. The summed E-state index contributed by atoms with van der Waals surface area (Å²) in [7, 11) is 0. The van der Waals surface area contributed by atoms with Crippen molar-refractivity contribution in [3.63, 3.8) is 0 Å². The summed E-state index contributed by atoms with van der Waals surface area (Å²) in [5.41, 5.74) is 0.331. The number of hydrogen-bond donors (Lipinski definition) is 3. The van der Waals surface area contributed by atoms with Gasteiger partial charge in [0.05, 0.1) is 39.2 Å². The molecule has 13 heteroatoms. The van der Waals surface area contributed by atoms with Crippen LogP contribution in [0, 0.1) is 0 Å². The van der Waals surface area contributed by atoms with E-state index in [9.17, 15) is 18.0 Å². The van der Waals surface area contributed by atoms with Crippen LogP contribution in [0.3, 0.4) is 0 Å². The molecule has 0 saturated heterocycles. The Hall–Kier alpha value is -3.90. The first kappa shape index (κ1) is 26.2. The minimum absolute atomic E-state index is 0.0169. The minimum Gasteiger partial charge on any atom is -0.424 e. The van der Waals surface area contributed by atoms with Crippen LogP contribution in [0.4, 0.5) is 34.5 Å². The van der Waals surface area contributed by atoms with Gasteiger partial charge in [-0.2, -0.15) is 13.2 Å². The number of aromatic nitrogens is 3. The molecule has 2 amide bonds. The molecule has 0 radical (unpaired) electrons. The summed E-state index contributed by atoms with van der Waals surface area (Å²) in [4.78, 5) is 25.7. The van der Waals surface area contributed by atoms with E-state index in [1.165, 1.54) is 12.4 Å². The lowest BCUT2D eigenvalue weighted by Gasteiger charge is -2.11. The van der Waals surface area contributed by atoms with E-state index in [1.807, 2.05) is 18.3 Å². The van der Waals surface area contributed by atoms with Gasteiger partial charge in [-0.3, -0.25) is 0 Å². The molecule has 0 bridgehead atoms. The molecule has 3 N–H and O–H groups in total. The zero-order valence-corrected chi connectivity index (χ0v) is 20.8. The van der Waals surface area contributed by atoms with Crippen molar-refractivity contribution in [3.05, 3.63) is 71.6 Å². The summed E-state index contributed by atoms with van der Waals surface area (Å²) < 4.78 is 43.9. The fourth-order valence-corrected chi connectivity index (χ4v) is 4.10. The highest BCUT2D eigenvalue weighted by Gasteiger charge is 2.31. The normalized spacial score (nSPS) is 11.2. The molecule has 0 saturated carbocycles. The van der Waals surface area contributed by atoms with Crippen molar-refractivity contribution in [2.24, 2.45) is 0 Å². The Morgan fingerprint density at radius 2 is 1.76 bits per heavy atom. The van der Waals surface area contributed by atoms with Crippen LogP contribution < -0.4 is 20.7 Å². The second-order valence-electron chi connectivity index (χ2n) is 7.61. The molecule has 2 heterocycles. The first-order valence-electron chi connectivity index (χ1n) is 11.0. The molecule has 0 aliphatic rings. The van der Waals surface area contributed by atoms with Gasteiger partial charge in [0.15, 0.2) is 5.13 Å². The van der Waals surface area contributed by atoms with Gasteiger partial charge in [0.2, 0.25) is 0 Å². The molecule has 8 nitrogen and oxygen atoms in total. The lowest BCUT2D eigenvalue weighted by Crippen LogP contribution is -2.20. The number of urea groups is 1. The summed E-state index contributed by atoms with van der Waals surface area (Å²) >= 11 is 7.42. The van der Waals surface area contributed by atoms with E-state index in [-0.39, 0.29) is 22.4 Å². The van der Waals surface area contributed by atoms with Gasteiger partial charge in [0.1, 0.15) is 5.75 Å². The number of ether oxygens (including phenoxy) is 1. The summed E-state index contributed by atoms with van der Waals surface area (Å²) in [6.07, 6.45) is 0.949. The van der Waals surface area contributed by atoms with Crippen LogP contribution in [-0.2, 0) is 6.18 Å². The van der Waals surface area contributed by atoms with Gasteiger partial charge in [-0.05, 0) is 54.4 Å². The number of thiazole rings is 1. The number of hydrogen-bond acceptors (Lipinski definition) is 7. The van der Waals surface area contributed by atoms with Crippen molar-refractivity contribution < 1.29 is 22.7 Å². The molecule has 0 aliphatic heterocycles. The molecule has 0 spiro atoms. The largest absolute Gasteiger partial charge is 0.424 e. The molecule has 37 heavy (non-hydrogen) atoms. The lowest BCUT2D eigenvalue weighted by atomic mass is 10.2. The van der Waals surface area contributed by atoms with Crippen LogP contribution in [0.25, 0.3) is 10.4 Å². The molecular formula is C24H20ClF3N6O2S. The standard InChI is InChI=1S/C24H20ClF3N6O2S/c1-2-9-29-23-32-13-20(37-23)14-3-6-17(7-4-14)36-22-30-11-16(12-31-22)33-21(35)34-19-8-5-15(10-18(19)25)24(26,27)28/h3-8,10-13H,2,9H2,1H3,(H,29,32)(H2,33,34,35).